The molecule has 2 atom stereocenters. The molecule has 0 radical (unpaired) electrons. The summed E-state index contributed by atoms with van der Waals surface area (Å²) < 4.78 is 1.96. The summed E-state index contributed by atoms with van der Waals surface area (Å²) in [5, 5.41) is 14.8. The van der Waals surface area contributed by atoms with E-state index in [9.17, 15) is 9.90 Å². The number of hydrogen-bond donors (Lipinski definition) is 2. The number of phenols is 1. The zero-order valence-corrected chi connectivity index (χ0v) is 18.4. The fourth-order valence-electron chi connectivity index (χ4n) is 5.53. The molecule has 5 rings (SSSR count). The van der Waals surface area contributed by atoms with Crippen molar-refractivity contribution >= 4 is 37.2 Å². The molecule has 2 aliphatic rings. The minimum atomic E-state index is 0.0111. The van der Waals surface area contributed by atoms with Crippen molar-refractivity contribution < 1.29 is 5.11 Å². The number of rotatable bonds is 4. The van der Waals surface area contributed by atoms with E-state index < -0.39 is 0 Å². The second kappa shape index (κ2) is 8.20. The van der Waals surface area contributed by atoms with Crippen LogP contribution in [0.25, 0.3) is 20.2 Å². The van der Waals surface area contributed by atoms with Crippen LogP contribution in [0.1, 0.15) is 44.1 Å². The second-order valence-corrected chi connectivity index (χ2v) is 10.0. The average Bonchev–Trinajstić information content (AvgIpc) is 2.76. The smallest absolute Gasteiger partial charge is 0.198 e. The lowest BCUT2D eigenvalue weighted by Gasteiger charge is -2.44. The van der Waals surface area contributed by atoms with Crippen molar-refractivity contribution in [2.24, 2.45) is 5.92 Å². The van der Waals surface area contributed by atoms with Crippen molar-refractivity contribution in [2.45, 2.75) is 51.5 Å². The Balaban J connectivity index is 1.42. The summed E-state index contributed by atoms with van der Waals surface area (Å²) in [5.41, 5.74) is 2.06. The molecular formula is C25H30N2O2S. The van der Waals surface area contributed by atoms with E-state index >= 15 is 0 Å². The number of hydrogen-bond acceptors (Lipinski definition) is 5. The summed E-state index contributed by atoms with van der Waals surface area (Å²) in [7, 11) is 0. The highest BCUT2D eigenvalue weighted by Crippen LogP contribution is 2.35. The van der Waals surface area contributed by atoms with Crippen LogP contribution in [-0.4, -0.2) is 35.7 Å². The first-order valence-corrected chi connectivity index (χ1v) is 12.1. The topological polar surface area (TPSA) is 52.6 Å². The van der Waals surface area contributed by atoms with Crippen molar-refractivity contribution in [2.75, 3.05) is 25.0 Å². The van der Waals surface area contributed by atoms with Gasteiger partial charge in [-0.2, -0.15) is 0 Å². The molecule has 30 heavy (non-hydrogen) atoms. The summed E-state index contributed by atoms with van der Waals surface area (Å²) in [6.07, 6.45) is 7.87. The van der Waals surface area contributed by atoms with E-state index in [4.69, 9.17) is 0 Å². The normalized spacial score (nSPS) is 22.3. The molecular weight excluding hydrogens is 392 g/mol. The van der Waals surface area contributed by atoms with Crippen LogP contribution in [0.4, 0.5) is 5.69 Å². The Bertz CT molecular complexity index is 1140. The molecule has 0 aliphatic carbocycles. The number of phenolic OH excluding ortho intramolecular Hbond substituents is 1. The molecule has 3 heterocycles. The highest BCUT2D eigenvalue weighted by atomic mass is 32.1. The lowest BCUT2D eigenvalue weighted by Crippen LogP contribution is -2.48. The summed E-state index contributed by atoms with van der Waals surface area (Å²) in [6, 6.07) is 10.0. The first-order chi connectivity index (χ1) is 14.6. The van der Waals surface area contributed by atoms with Crippen LogP contribution >= 0.6 is 11.3 Å². The minimum absolute atomic E-state index is 0.0111. The Hall–Kier alpha value is -2.11. The number of piperidine rings is 2. The molecule has 0 spiro atoms. The van der Waals surface area contributed by atoms with E-state index in [1.165, 1.54) is 45.2 Å². The van der Waals surface area contributed by atoms with Gasteiger partial charge < -0.3 is 15.3 Å². The number of fused-ring (bicyclic) bond motifs is 3. The second-order valence-electron chi connectivity index (χ2n) is 8.96. The first kappa shape index (κ1) is 19.8. The van der Waals surface area contributed by atoms with E-state index in [1.807, 2.05) is 12.1 Å². The van der Waals surface area contributed by atoms with Gasteiger partial charge in [-0.3, -0.25) is 4.79 Å². The number of aromatic hydroxyl groups is 1. The maximum Gasteiger partial charge on any atom is 0.198 e. The molecule has 0 unspecified atom stereocenters. The van der Waals surface area contributed by atoms with Gasteiger partial charge in [-0.05, 0) is 87.9 Å². The minimum Gasteiger partial charge on any atom is -0.508 e. The first-order valence-electron chi connectivity index (χ1n) is 11.3. The molecule has 0 amide bonds. The zero-order chi connectivity index (χ0) is 20.7. The van der Waals surface area contributed by atoms with Gasteiger partial charge in [0.2, 0.25) is 0 Å². The van der Waals surface area contributed by atoms with Crippen molar-refractivity contribution in [3.8, 4) is 5.75 Å². The number of benzene rings is 2. The van der Waals surface area contributed by atoms with E-state index in [-0.39, 0.29) is 11.2 Å². The van der Waals surface area contributed by atoms with Crippen LogP contribution in [0.2, 0.25) is 0 Å². The monoisotopic (exact) mass is 422 g/mol. The Kier molecular flexibility index (Phi) is 5.42. The van der Waals surface area contributed by atoms with Crippen LogP contribution < -0.4 is 10.7 Å². The van der Waals surface area contributed by atoms with Gasteiger partial charge in [0.05, 0.1) is 5.39 Å². The molecule has 2 saturated heterocycles. The van der Waals surface area contributed by atoms with E-state index in [0.717, 1.165) is 51.0 Å². The van der Waals surface area contributed by atoms with Gasteiger partial charge in [-0.1, -0.05) is 12.5 Å². The van der Waals surface area contributed by atoms with Gasteiger partial charge in [0.1, 0.15) is 5.75 Å². The van der Waals surface area contributed by atoms with Crippen molar-refractivity contribution in [1.82, 2.24) is 4.90 Å². The molecule has 2 aromatic carbocycles. The van der Waals surface area contributed by atoms with Crippen LogP contribution in [-0.2, 0) is 0 Å². The third-order valence-corrected chi connectivity index (χ3v) is 8.37. The molecule has 4 nitrogen and oxygen atoms in total. The zero-order valence-electron chi connectivity index (χ0n) is 17.6. The maximum atomic E-state index is 13.3. The molecule has 0 saturated carbocycles. The van der Waals surface area contributed by atoms with Gasteiger partial charge >= 0.3 is 0 Å². The van der Waals surface area contributed by atoms with Crippen LogP contribution in [0, 0.1) is 12.8 Å². The molecule has 2 N–H and O–H groups in total. The molecule has 0 bridgehead atoms. The number of anilines is 1. The Morgan fingerprint density at radius 1 is 1.13 bits per heavy atom. The standard InChI is InChI=1S/C25H30N2O2S/c1-16-7-9-20(23-24(29)19-15-18(28)8-10-22(19)30-25(16)23)26-12-11-17-5-4-14-27-13-3-2-6-21(17)27/h7-10,15,17,21,26,28H,2-6,11-14H2,1H3/t17-,21+/m0/s1. The van der Waals surface area contributed by atoms with Crippen molar-refractivity contribution in [3.05, 3.63) is 46.1 Å². The number of aryl methyl sites for hydroxylation is 1. The molecule has 2 aliphatic heterocycles. The van der Waals surface area contributed by atoms with Gasteiger partial charge in [0, 0.05) is 33.1 Å². The average molecular weight is 423 g/mol. The van der Waals surface area contributed by atoms with E-state index in [0.29, 0.717) is 5.39 Å². The quantitative estimate of drug-likeness (QED) is 0.546. The van der Waals surface area contributed by atoms with Gasteiger partial charge in [0.15, 0.2) is 5.43 Å². The van der Waals surface area contributed by atoms with Gasteiger partial charge in [-0.25, -0.2) is 0 Å². The molecule has 158 valence electrons. The highest BCUT2D eigenvalue weighted by molar-refractivity contribution is 7.24. The lowest BCUT2D eigenvalue weighted by atomic mass is 9.81. The molecule has 5 heteroatoms. The summed E-state index contributed by atoms with van der Waals surface area (Å²) in [5.74, 6) is 0.901. The third-order valence-electron chi connectivity index (χ3n) is 7.06. The fraction of sp³-hybridized carbons (Fsp3) is 0.480. The maximum absolute atomic E-state index is 13.3. The van der Waals surface area contributed by atoms with Crippen molar-refractivity contribution in [3.63, 3.8) is 0 Å². The fourth-order valence-corrected chi connectivity index (χ4v) is 6.68. The van der Waals surface area contributed by atoms with Gasteiger partial charge in [0.25, 0.3) is 0 Å². The SMILES string of the molecule is Cc1ccc(NCC[C@@H]2CCCN3CCCC[C@H]23)c2c(=O)c3cc(O)ccc3sc12. The molecule has 2 fully saturated rings. The van der Waals surface area contributed by atoms with E-state index in [1.54, 1.807) is 23.5 Å². The molecule has 3 aromatic rings. The predicted molar refractivity (Wildman–Crippen MR) is 127 cm³/mol. The largest absolute Gasteiger partial charge is 0.508 e. The van der Waals surface area contributed by atoms with Crippen molar-refractivity contribution in [1.29, 1.82) is 0 Å². The Labute approximate surface area is 181 Å². The summed E-state index contributed by atoms with van der Waals surface area (Å²) in [6.45, 7) is 5.51. The van der Waals surface area contributed by atoms with Crippen LogP contribution in [0.5, 0.6) is 5.75 Å². The number of nitrogens with one attached hydrogen (secondary N) is 1. The van der Waals surface area contributed by atoms with Gasteiger partial charge in [-0.15, -0.1) is 11.3 Å². The lowest BCUT2D eigenvalue weighted by molar-refractivity contribution is 0.0573. The summed E-state index contributed by atoms with van der Waals surface area (Å²) >= 11 is 1.63. The highest BCUT2D eigenvalue weighted by Gasteiger charge is 2.32. The predicted octanol–water partition coefficient (Wildman–Crippen LogP) is 5.50. The summed E-state index contributed by atoms with van der Waals surface area (Å²) in [4.78, 5) is 16.0. The van der Waals surface area contributed by atoms with Crippen LogP contribution in [0.3, 0.4) is 0 Å². The van der Waals surface area contributed by atoms with Crippen LogP contribution in [0.15, 0.2) is 35.1 Å². The Morgan fingerprint density at radius 3 is 2.90 bits per heavy atom. The molecule has 1 aromatic heterocycles. The third kappa shape index (κ3) is 3.58. The van der Waals surface area contributed by atoms with E-state index in [2.05, 4.69) is 23.2 Å². The Morgan fingerprint density at radius 2 is 2.00 bits per heavy atom. The number of nitrogens with zero attached hydrogens (tertiary/aromatic N) is 1.